The third kappa shape index (κ3) is 4.68. The van der Waals surface area contributed by atoms with Crippen LogP contribution in [-0.2, 0) is 0 Å². The van der Waals surface area contributed by atoms with E-state index in [1.807, 2.05) is 54.6 Å². The van der Waals surface area contributed by atoms with E-state index in [0.29, 0.717) is 12.4 Å². The lowest BCUT2D eigenvalue weighted by molar-refractivity contribution is -0.384. The normalized spacial score (nSPS) is 14.9. The molecule has 0 radical (unpaired) electrons. The molecule has 0 N–H and O–H groups in total. The molecule has 0 unspecified atom stereocenters. The predicted molar refractivity (Wildman–Crippen MR) is 152 cm³/mol. The van der Waals surface area contributed by atoms with E-state index in [9.17, 15) is 10.1 Å². The average Bonchev–Trinajstić information content (AvgIpc) is 3.43. The van der Waals surface area contributed by atoms with Crippen LogP contribution < -0.4 is 9.75 Å². The fourth-order valence-electron chi connectivity index (χ4n) is 4.88. The van der Waals surface area contributed by atoms with Crippen LogP contribution in [-0.4, -0.2) is 27.7 Å². The van der Waals surface area contributed by atoms with Crippen molar-refractivity contribution >= 4 is 28.3 Å². The van der Waals surface area contributed by atoms with Gasteiger partial charge in [-0.25, -0.2) is 15.0 Å². The number of hydrogen-bond acceptors (Lipinski definition) is 7. The zero-order valence-electron chi connectivity index (χ0n) is 21.5. The third-order valence-electron chi connectivity index (χ3n) is 6.90. The van der Waals surface area contributed by atoms with Crippen molar-refractivity contribution < 1.29 is 9.66 Å². The number of nitro benzene ring substituents is 1. The zero-order valence-corrected chi connectivity index (χ0v) is 21.5. The number of methoxy groups -OCH3 is 1. The van der Waals surface area contributed by atoms with Gasteiger partial charge in [-0.15, -0.1) is 0 Å². The number of anilines is 1. The number of fused-ring (bicyclic) bond motifs is 1. The molecule has 0 spiro atoms. The molecule has 1 aromatic heterocycles. The highest BCUT2D eigenvalue weighted by molar-refractivity contribution is 6.03. The van der Waals surface area contributed by atoms with Crippen LogP contribution in [0.1, 0.15) is 29.2 Å². The molecule has 0 bridgehead atoms. The van der Waals surface area contributed by atoms with Crippen LogP contribution in [0.4, 0.5) is 11.6 Å². The summed E-state index contributed by atoms with van der Waals surface area (Å²) in [7, 11) is 1.63. The minimum absolute atomic E-state index is 0.0297. The van der Waals surface area contributed by atoms with E-state index in [-0.39, 0.29) is 16.7 Å². The lowest BCUT2D eigenvalue weighted by Gasteiger charge is -2.23. The molecule has 192 valence electrons. The van der Waals surface area contributed by atoms with Crippen molar-refractivity contribution in [3.63, 3.8) is 0 Å². The predicted octanol–water partition coefficient (Wildman–Crippen LogP) is 6.88. The van der Waals surface area contributed by atoms with Gasteiger partial charge in [0.2, 0.25) is 5.95 Å². The number of hydrogen-bond donors (Lipinski definition) is 0. The summed E-state index contributed by atoms with van der Waals surface area (Å²) in [6.45, 7) is 2.05. The van der Waals surface area contributed by atoms with Crippen LogP contribution in [0.2, 0.25) is 0 Å². The van der Waals surface area contributed by atoms with Gasteiger partial charge in [-0.1, -0.05) is 72.3 Å². The molecule has 0 fully saturated rings. The molecule has 1 aliphatic rings. The van der Waals surface area contributed by atoms with Crippen molar-refractivity contribution in [1.29, 1.82) is 0 Å². The van der Waals surface area contributed by atoms with E-state index in [1.165, 1.54) is 6.07 Å². The number of para-hydroxylation sites is 1. The summed E-state index contributed by atoms with van der Waals surface area (Å²) in [5.41, 5.74) is 6.26. The van der Waals surface area contributed by atoms with Gasteiger partial charge in [0, 0.05) is 35.1 Å². The molecular formula is C31H25N5O3. The Morgan fingerprint density at radius 3 is 2.49 bits per heavy atom. The number of hydrazone groups is 1. The second-order valence-corrected chi connectivity index (χ2v) is 9.45. The van der Waals surface area contributed by atoms with Gasteiger partial charge in [-0.2, -0.15) is 5.10 Å². The van der Waals surface area contributed by atoms with Crippen LogP contribution in [0, 0.1) is 17.0 Å². The molecular weight excluding hydrogens is 490 g/mol. The summed E-state index contributed by atoms with van der Waals surface area (Å²) in [4.78, 5) is 21.1. The highest BCUT2D eigenvalue weighted by Crippen LogP contribution is 2.38. The Bertz CT molecular complexity index is 1730. The van der Waals surface area contributed by atoms with Crippen LogP contribution in [0.3, 0.4) is 0 Å². The molecule has 8 heteroatoms. The van der Waals surface area contributed by atoms with Crippen molar-refractivity contribution in [3.8, 4) is 17.0 Å². The van der Waals surface area contributed by atoms with Crippen LogP contribution in [0.15, 0.2) is 102 Å². The Hall–Kier alpha value is -5.11. The van der Waals surface area contributed by atoms with Crippen molar-refractivity contribution in [1.82, 2.24) is 9.97 Å². The quantitative estimate of drug-likeness (QED) is 0.181. The first kappa shape index (κ1) is 24.2. The smallest absolute Gasteiger partial charge is 0.269 e. The van der Waals surface area contributed by atoms with Gasteiger partial charge in [0.1, 0.15) is 5.75 Å². The van der Waals surface area contributed by atoms with Gasteiger partial charge in [0.25, 0.3) is 5.69 Å². The largest absolute Gasteiger partial charge is 0.497 e. The zero-order chi connectivity index (χ0) is 26.9. The molecule has 2 heterocycles. The fourth-order valence-corrected chi connectivity index (χ4v) is 4.88. The first-order valence-corrected chi connectivity index (χ1v) is 12.6. The molecule has 4 aromatic carbocycles. The molecule has 6 rings (SSSR count). The molecule has 8 nitrogen and oxygen atoms in total. The van der Waals surface area contributed by atoms with E-state index in [1.54, 1.807) is 24.3 Å². The number of nitrogens with zero attached hydrogens (tertiary/aromatic N) is 5. The van der Waals surface area contributed by atoms with Gasteiger partial charge in [0.15, 0.2) is 0 Å². The molecule has 0 saturated carbocycles. The summed E-state index contributed by atoms with van der Waals surface area (Å²) in [5, 5.41) is 19.3. The molecule has 5 aromatic rings. The standard InChI is InChI=1S/C31H25N5O3/c1-20-13-15-21(16-14-20)30-26-11-3-4-12-27(26)32-31(33-30)35-29(23-8-5-9-24(17-23)36(37)38)19-28(34-35)22-7-6-10-25(18-22)39-2/h3-18,29H,19H2,1-2H3/t29-/m1/s1. The van der Waals surface area contributed by atoms with Crippen LogP contribution >= 0.6 is 0 Å². The topological polar surface area (TPSA) is 93.8 Å². The summed E-state index contributed by atoms with van der Waals surface area (Å²) in [5.74, 6) is 1.16. The number of rotatable bonds is 6. The summed E-state index contributed by atoms with van der Waals surface area (Å²) in [6, 6.07) is 30.2. The third-order valence-corrected chi connectivity index (χ3v) is 6.90. The number of aromatic nitrogens is 2. The molecule has 0 amide bonds. The Morgan fingerprint density at radius 1 is 0.897 bits per heavy atom. The Balaban J connectivity index is 1.53. The molecule has 39 heavy (non-hydrogen) atoms. The lowest BCUT2D eigenvalue weighted by atomic mass is 9.98. The highest BCUT2D eigenvalue weighted by Gasteiger charge is 2.33. The summed E-state index contributed by atoms with van der Waals surface area (Å²) in [6.07, 6.45) is 0.518. The van der Waals surface area contributed by atoms with E-state index < -0.39 is 0 Å². The Labute approximate surface area is 225 Å². The molecule has 1 aliphatic heterocycles. The number of nitro groups is 1. The minimum Gasteiger partial charge on any atom is -0.497 e. The van der Waals surface area contributed by atoms with Crippen LogP contribution in [0.25, 0.3) is 22.2 Å². The van der Waals surface area contributed by atoms with Gasteiger partial charge in [-0.3, -0.25) is 10.1 Å². The monoisotopic (exact) mass is 515 g/mol. The maximum Gasteiger partial charge on any atom is 0.269 e. The van der Waals surface area contributed by atoms with Crippen molar-refractivity contribution in [2.24, 2.45) is 5.10 Å². The number of non-ortho nitro benzene ring substituents is 1. The first-order chi connectivity index (χ1) is 19.0. The van der Waals surface area contributed by atoms with Crippen molar-refractivity contribution in [3.05, 3.63) is 124 Å². The summed E-state index contributed by atoms with van der Waals surface area (Å²) < 4.78 is 5.43. The van der Waals surface area contributed by atoms with Gasteiger partial charge in [0.05, 0.1) is 35.0 Å². The second-order valence-electron chi connectivity index (χ2n) is 9.45. The first-order valence-electron chi connectivity index (χ1n) is 12.6. The number of benzene rings is 4. The Morgan fingerprint density at radius 2 is 1.69 bits per heavy atom. The minimum atomic E-state index is -0.380. The summed E-state index contributed by atoms with van der Waals surface area (Å²) >= 11 is 0. The SMILES string of the molecule is COc1cccc(C2=NN(c3nc(-c4ccc(C)cc4)c4ccccc4n3)[C@@H](c3cccc([N+](=O)[O-])c3)C2)c1. The van der Waals surface area contributed by atoms with E-state index >= 15 is 0 Å². The van der Waals surface area contributed by atoms with Gasteiger partial charge >= 0.3 is 0 Å². The highest BCUT2D eigenvalue weighted by atomic mass is 16.6. The van der Waals surface area contributed by atoms with E-state index in [0.717, 1.165) is 50.3 Å². The number of ether oxygens (including phenoxy) is 1. The number of aryl methyl sites for hydroxylation is 1. The Kier molecular flexibility index (Phi) is 6.20. The fraction of sp³-hybridized carbons (Fsp3) is 0.129. The van der Waals surface area contributed by atoms with Crippen molar-refractivity contribution in [2.75, 3.05) is 12.1 Å². The maximum atomic E-state index is 11.6. The van der Waals surface area contributed by atoms with Gasteiger partial charge < -0.3 is 4.74 Å². The van der Waals surface area contributed by atoms with Gasteiger partial charge in [-0.05, 0) is 30.7 Å². The molecule has 0 aliphatic carbocycles. The average molecular weight is 516 g/mol. The second kappa shape index (κ2) is 9.98. The van der Waals surface area contributed by atoms with Crippen LogP contribution in [0.5, 0.6) is 5.75 Å². The molecule has 0 saturated heterocycles. The van der Waals surface area contributed by atoms with Crippen molar-refractivity contribution in [2.45, 2.75) is 19.4 Å². The van der Waals surface area contributed by atoms with E-state index in [4.69, 9.17) is 19.8 Å². The maximum absolute atomic E-state index is 11.6. The van der Waals surface area contributed by atoms with E-state index in [2.05, 4.69) is 31.2 Å². The lowest BCUT2D eigenvalue weighted by Crippen LogP contribution is -2.21. The molecule has 1 atom stereocenters.